The SMILES string of the molecule is CC(C)(C)C1=CC[CH]C(c2ccc(Cl)c(Cl)c2)=C1. The zero-order valence-corrected chi connectivity index (χ0v) is 12.4. The summed E-state index contributed by atoms with van der Waals surface area (Å²) in [7, 11) is 0. The van der Waals surface area contributed by atoms with Crippen LogP contribution in [-0.2, 0) is 0 Å². The molecule has 0 amide bonds. The molecular weight excluding hydrogens is 263 g/mol. The van der Waals surface area contributed by atoms with E-state index in [9.17, 15) is 0 Å². The third-order valence-electron chi connectivity index (χ3n) is 3.11. The van der Waals surface area contributed by atoms with Gasteiger partial charge in [0.15, 0.2) is 0 Å². The number of allylic oxidation sites excluding steroid dienone is 4. The molecule has 0 bridgehead atoms. The molecule has 0 unspecified atom stereocenters. The van der Waals surface area contributed by atoms with E-state index in [4.69, 9.17) is 23.2 Å². The molecule has 0 atom stereocenters. The average Bonchev–Trinajstić information content (AvgIpc) is 2.32. The van der Waals surface area contributed by atoms with Gasteiger partial charge in [0.05, 0.1) is 10.0 Å². The highest BCUT2D eigenvalue weighted by Gasteiger charge is 2.18. The van der Waals surface area contributed by atoms with E-state index in [2.05, 4.69) is 39.3 Å². The summed E-state index contributed by atoms with van der Waals surface area (Å²) in [5.41, 5.74) is 3.89. The molecule has 18 heavy (non-hydrogen) atoms. The summed E-state index contributed by atoms with van der Waals surface area (Å²) in [6, 6.07) is 5.79. The third-order valence-corrected chi connectivity index (χ3v) is 3.84. The maximum Gasteiger partial charge on any atom is 0.0598 e. The van der Waals surface area contributed by atoms with Crippen molar-refractivity contribution in [3.8, 4) is 0 Å². The topological polar surface area (TPSA) is 0 Å². The molecule has 0 fully saturated rings. The zero-order valence-electron chi connectivity index (χ0n) is 10.9. The summed E-state index contributed by atoms with van der Waals surface area (Å²) in [6.07, 6.45) is 7.71. The van der Waals surface area contributed by atoms with Gasteiger partial charge in [-0.2, -0.15) is 0 Å². The number of hydrogen-bond donors (Lipinski definition) is 0. The lowest BCUT2D eigenvalue weighted by molar-refractivity contribution is 0.514. The Hall–Kier alpha value is -0.720. The van der Waals surface area contributed by atoms with Gasteiger partial charge in [-0.15, -0.1) is 0 Å². The van der Waals surface area contributed by atoms with Gasteiger partial charge in [0.25, 0.3) is 0 Å². The quantitative estimate of drug-likeness (QED) is 0.595. The lowest BCUT2D eigenvalue weighted by Crippen LogP contribution is -2.10. The van der Waals surface area contributed by atoms with Crippen LogP contribution in [-0.4, -0.2) is 0 Å². The molecule has 1 aromatic rings. The maximum atomic E-state index is 6.07. The van der Waals surface area contributed by atoms with Gasteiger partial charge < -0.3 is 0 Å². The lowest BCUT2D eigenvalue weighted by atomic mass is 9.80. The van der Waals surface area contributed by atoms with E-state index >= 15 is 0 Å². The largest absolute Gasteiger partial charge is 0.0827 e. The Kier molecular flexibility index (Phi) is 3.89. The van der Waals surface area contributed by atoms with Crippen molar-refractivity contribution in [3.63, 3.8) is 0 Å². The number of hydrogen-bond acceptors (Lipinski definition) is 0. The molecule has 1 radical (unpaired) electrons. The van der Waals surface area contributed by atoms with Crippen LogP contribution in [0.4, 0.5) is 0 Å². The molecule has 95 valence electrons. The highest BCUT2D eigenvalue weighted by molar-refractivity contribution is 6.42. The molecule has 0 saturated carbocycles. The molecule has 0 aromatic heterocycles. The first-order chi connectivity index (χ1) is 8.38. The van der Waals surface area contributed by atoms with Gasteiger partial charge in [0, 0.05) is 0 Å². The van der Waals surface area contributed by atoms with Crippen LogP contribution in [0.15, 0.2) is 35.9 Å². The Bertz CT molecular complexity index is 516. The van der Waals surface area contributed by atoms with E-state index in [0.717, 1.165) is 12.0 Å². The molecule has 1 aromatic carbocycles. The molecule has 0 saturated heterocycles. The Morgan fingerprint density at radius 1 is 1.06 bits per heavy atom. The van der Waals surface area contributed by atoms with Crippen LogP contribution >= 0.6 is 23.2 Å². The van der Waals surface area contributed by atoms with Gasteiger partial charge in [-0.05, 0) is 47.1 Å². The van der Waals surface area contributed by atoms with Gasteiger partial charge in [-0.1, -0.05) is 62.2 Å². The normalized spacial score (nSPS) is 16.3. The van der Waals surface area contributed by atoms with E-state index in [1.54, 1.807) is 0 Å². The fourth-order valence-electron chi connectivity index (χ4n) is 2.00. The van der Waals surface area contributed by atoms with Gasteiger partial charge >= 0.3 is 0 Å². The predicted molar refractivity (Wildman–Crippen MR) is 80.9 cm³/mol. The summed E-state index contributed by atoms with van der Waals surface area (Å²) in [6.45, 7) is 6.69. The van der Waals surface area contributed by atoms with E-state index in [1.165, 1.54) is 11.1 Å². The van der Waals surface area contributed by atoms with Gasteiger partial charge in [0.1, 0.15) is 0 Å². The van der Waals surface area contributed by atoms with Crippen LogP contribution < -0.4 is 0 Å². The molecule has 0 N–H and O–H groups in total. The van der Waals surface area contributed by atoms with E-state index < -0.39 is 0 Å². The number of rotatable bonds is 1. The van der Waals surface area contributed by atoms with E-state index in [-0.39, 0.29) is 5.41 Å². The molecular formula is C16H17Cl2. The van der Waals surface area contributed by atoms with Crippen molar-refractivity contribution in [2.45, 2.75) is 27.2 Å². The number of benzene rings is 1. The van der Waals surface area contributed by atoms with Crippen LogP contribution in [0.25, 0.3) is 5.57 Å². The van der Waals surface area contributed by atoms with Crippen LogP contribution in [0.2, 0.25) is 10.0 Å². The fourth-order valence-corrected chi connectivity index (χ4v) is 2.30. The second-order valence-electron chi connectivity index (χ2n) is 5.58. The van der Waals surface area contributed by atoms with Gasteiger partial charge in [0.2, 0.25) is 0 Å². The monoisotopic (exact) mass is 279 g/mol. The highest BCUT2D eigenvalue weighted by atomic mass is 35.5. The molecule has 0 heterocycles. The van der Waals surface area contributed by atoms with Crippen LogP contribution in [0.3, 0.4) is 0 Å². The van der Waals surface area contributed by atoms with Crippen molar-refractivity contribution < 1.29 is 0 Å². The highest BCUT2D eigenvalue weighted by Crippen LogP contribution is 2.36. The smallest absolute Gasteiger partial charge is 0.0598 e. The Morgan fingerprint density at radius 3 is 2.39 bits per heavy atom. The molecule has 1 aliphatic rings. The van der Waals surface area contributed by atoms with Crippen LogP contribution in [0.5, 0.6) is 0 Å². The lowest BCUT2D eigenvalue weighted by Gasteiger charge is -2.25. The maximum absolute atomic E-state index is 6.07. The molecule has 0 aliphatic heterocycles. The second kappa shape index (κ2) is 5.11. The molecule has 0 spiro atoms. The number of halogens is 2. The summed E-state index contributed by atoms with van der Waals surface area (Å²) in [5, 5.41) is 1.21. The Balaban J connectivity index is 2.36. The first-order valence-electron chi connectivity index (χ1n) is 6.09. The first kappa shape index (κ1) is 13.7. The van der Waals surface area contributed by atoms with Crippen LogP contribution in [0.1, 0.15) is 32.8 Å². The van der Waals surface area contributed by atoms with Crippen molar-refractivity contribution >= 4 is 28.8 Å². The van der Waals surface area contributed by atoms with Crippen molar-refractivity contribution in [1.82, 2.24) is 0 Å². The molecule has 2 rings (SSSR count). The zero-order chi connectivity index (χ0) is 13.3. The standard InChI is InChI=1S/C16H17Cl2/c1-16(2,3)13-6-4-5-11(9-13)12-7-8-14(17)15(18)10-12/h5-10H,4H2,1-3H3. The first-order valence-corrected chi connectivity index (χ1v) is 6.84. The summed E-state index contributed by atoms with van der Waals surface area (Å²) >= 11 is 12.0. The van der Waals surface area contributed by atoms with Crippen molar-refractivity contribution in [1.29, 1.82) is 0 Å². The summed E-state index contributed by atoms with van der Waals surface area (Å²) in [5.74, 6) is 0. The minimum absolute atomic E-state index is 0.176. The summed E-state index contributed by atoms with van der Waals surface area (Å²) in [4.78, 5) is 0. The minimum Gasteiger partial charge on any atom is -0.0827 e. The fraction of sp³-hybridized carbons (Fsp3) is 0.312. The molecule has 0 nitrogen and oxygen atoms in total. The van der Waals surface area contributed by atoms with Gasteiger partial charge in [-0.25, -0.2) is 0 Å². The third kappa shape index (κ3) is 2.99. The average molecular weight is 280 g/mol. The minimum atomic E-state index is 0.176. The molecule has 1 aliphatic carbocycles. The Morgan fingerprint density at radius 2 is 1.78 bits per heavy atom. The summed E-state index contributed by atoms with van der Waals surface area (Å²) < 4.78 is 0. The van der Waals surface area contributed by atoms with Crippen molar-refractivity contribution in [3.05, 3.63) is 58.0 Å². The van der Waals surface area contributed by atoms with Gasteiger partial charge in [-0.3, -0.25) is 0 Å². The Labute approximate surface area is 119 Å². The van der Waals surface area contributed by atoms with Crippen LogP contribution in [0, 0.1) is 11.8 Å². The van der Waals surface area contributed by atoms with E-state index in [0.29, 0.717) is 10.0 Å². The van der Waals surface area contributed by atoms with Crippen molar-refractivity contribution in [2.75, 3.05) is 0 Å². The molecule has 2 heteroatoms. The second-order valence-corrected chi connectivity index (χ2v) is 6.39. The predicted octanol–water partition coefficient (Wildman–Crippen LogP) is 5.96. The van der Waals surface area contributed by atoms with E-state index in [1.807, 2.05) is 18.2 Å². The van der Waals surface area contributed by atoms with Crippen molar-refractivity contribution in [2.24, 2.45) is 5.41 Å².